The Hall–Kier alpha value is -0.510. The summed E-state index contributed by atoms with van der Waals surface area (Å²) >= 11 is 2.01. The molecule has 0 spiro atoms. The van der Waals surface area contributed by atoms with Crippen molar-refractivity contribution in [1.29, 1.82) is 0 Å². The van der Waals surface area contributed by atoms with Crippen LogP contribution in [0.3, 0.4) is 0 Å². The highest BCUT2D eigenvalue weighted by molar-refractivity contribution is 7.98. The van der Waals surface area contributed by atoms with E-state index in [2.05, 4.69) is 35.2 Å². The van der Waals surface area contributed by atoms with Crippen molar-refractivity contribution in [3.05, 3.63) is 35.9 Å². The standard InChI is InChI=1S/C13H20N2S/c14-13-6-7-15(10-13)8-9-16-11-12-4-2-1-3-5-12/h1-5,13H,6-11,14H2/t13-/m0/s1. The molecule has 2 N–H and O–H groups in total. The summed E-state index contributed by atoms with van der Waals surface area (Å²) in [6, 6.07) is 11.1. The van der Waals surface area contributed by atoms with Crippen molar-refractivity contribution in [3.8, 4) is 0 Å². The molecule has 3 heteroatoms. The Bertz CT molecular complexity index is 302. The predicted octanol–water partition coefficient (Wildman–Crippen LogP) is 1.95. The van der Waals surface area contributed by atoms with Crippen molar-refractivity contribution in [2.24, 2.45) is 5.73 Å². The molecule has 1 aliphatic rings. The van der Waals surface area contributed by atoms with E-state index in [9.17, 15) is 0 Å². The van der Waals surface area contributed by atoms with E-state index in [0.29, 0.717) is 6.04 Å². The zero-order valence-corrected chi connectivity index (χ0v) is 10.5. The van der Waals surface area contributed by atoms with Crippen molar-refractivity contribution in [1.82, 2.24) is 4.90 Å². The highest BCUT2D eigenvalue weighted by atomic mass is 32.2. The summed E-state index contributed by atoms with van der Waals surface area (Å²) in [4.78, 5) is 2.47. The topological polar surface area (TPSA) is 29.3 Å². The number of rotatable bonds is 5. The first-order chi connectivity index (χ1) is 7.84. The molecule has 2 nitrogen and oxygen atoms in total. The van der Waals surface area contributed by atoms with E-state index in [1.807, 2.05) is 11.8 Å². The van der Waals surface area contributed by atoms with Gasteiger partial charge in [0.05, 0.1) is 0 Å². The van der Waals surface area contributed by atoms with Crippen LogP contribution in [0.2, 0.25) is 0 Å². The average Bonchev–Trinajstić information content (AvgIpc) is 2.72. The lowest BCUT2D eigenvalue weighted by atomic mass is 10.2. The quantitative estimate of drug-likeness (QED) is 0.792. The molecule has 0 saturated carbocycles. The van der Waals surface area contributed by atoms with E-state index in [0.717, 1.165) is 12.3 Å². The molecule has 16 heavy (non-hydrogen) atoms. The Balaban J connectivity index is 1.59. The smallest absolute Gasteiger partial charge is 0.0185 e. The van der Waals surface area contributed by atoms with Gasteiger partial charge in [0.2, 0.25) is 0 Å². The van der Waals surface area contributed by atoms with Crippen molar-refractivity contribution in [2.45, 2.75) is 18.2 Å². The van der Waals surface area contributed by atoms with Gasteiger partial charge in [0.25, 0.3) is 0 Å². The monoisotopic (exact) mass is 236 g/mol. The van der Waals surface area contributed by atoms with Crippen molar-refractivity contribution in [3.63, 3.8) is 0 Å². The number of hydrogen-bond donors (Lipinski definition) is 1. The number of nitrogens with two attached hydrogens (primary N) is 1. The first-order valence-electron chi connectivity index (χ1n) is 5.94. The summed E-state index contributed by atoms with van der Waals surface area (Å²) in [5.74, 6) is 2.34. The molecule has 0 radical (unpaired) electrons. The minimum Gasteiger partial charge on any atom is -0.326 e. The van der Waals surface area contributed by atoms with Crippen LogP contribution in [0.5, 0.6) is 0 Å². The van der Waals surface area contributed by atoms with Gasteiger partial charge >= 0.3 is 0 Å². The Morgan fingerprint density at radius 1 is 1.31 bits per heavy atom. The molecule has 0 aromatic heterocycles. The fourth-order valence-electron chi connectivity index (χ4n) is 2.02. The van der Waals surface area contributed by atoms with Gasteiger partial charge < -0.3 is 10.6 Å². The minimum absolute atomic E-state index is 0.416. The molecule has 0 aliphatic carbocycles. The first-order valence-corrected chi connectivity index (χ1v) is 7.09. The maximum atomic E-state index is 5.87. The fraction of sp³-hybridized carbons (Fsp3) is 0.538. The Labute approximate surface area is 102 Å². The molecule has 88 valence electrons. The van der Waals surface area contributed by atoms with E-state index < -0.39 is 0 Å². The molecule has 1 aromatic carbocycles. The average molecular weight is 236 g/mol. The summed E-state index contributed by atoms with van der Waals surface area (Å²) in [5.41, 5.74) is 7.29. The van der Waals surface area contributed by atoms with Crippen molar-refractivity contribution in [2.75, 3.05) is 25.4 Å². The van der Waals surface area contributed by atoms with Crippen LogP contribution in [0.1, 0.15) is 12.0 Å². The van der Waals surface area contributed by atoms with Crippen LogP contribution in [-0.2, 0) is 5.75 Å². The van der Waals surface area contributed by atoms with E-state index in [1.54, 1.807) is 0 Å². The van der Waals surface area contributed by atoms with Crippen LogP contribution >= 0.6 is 11.8 Å². The van der Waals surface area contributed by atoms with Gasteiger partial charge in [0.15, 0.2) is 0 Å². The van der Waals surface area contributed by atoms with Crippen LogP contribution in [0.15, 0.2) is 30.3 Å². The molecule has 0 amide bonds. The zero-order chi connectivity index (χ0) is 11.2. The molecule has 1 aromatic rings. The number of hydrogen-bond acceptors (Lipinski definition) is 3. The van der Waals surface area contributed by atoms with Crippen molar-refractivity contribution < 1.29 is 0 Å². The second-order valence-electron chi connectivity index (χ2n) is 4.39. The van der Waals surface area contributed by atoms with Gasteiger partial charge in [-0.25, -0.2) is 0 Å². The van der Waals surface area contributed by atoms with Crippen LogP contribution in [-0.4, -0.2) is 36.3 Å². The highest BCUT2D eigenvalue weighted by Gasteiger charge is 2.17. The second kappa shape index (κ2) is 6.28. The Morgan fingerprint density at radius 2 is 2.12 bits per heavy atom. The van der Waals surface area contributed by atoms with Gasteiger partial charge in [-0.15, -0.1) is 0 Å². The summed E-state index contributed by atoms with van der Waals surface area (Å²) in [7, 11) is 0. The molecule has 1 saturated heterocycles. The van der Waals surface area contributed by atoms with Gasteiger partial charge in [0, 0.05) is 30.6 Å². The molecule has 1 aliphatic heterocycles. The molecular weight excluding hydrogens is 216 g/mol. The SMILES string of the molecule is N[C@H]1CCN(CCSCc2ccccc2)C1. The lowest BCUT2D eigenvalue weighted by Crippen LogP contribution is -2.28. The maximum absolute atomic E-state index is 5.87. The number of likely N-dealkylation sites (tertiary alicyclic amines) is 1. The van der Waals surface area contributed by atoms with Crippen molar-refractivity contribution >= 4 is 11.8 Å². The zero-order valence-electron chi connectivity index (χ0n) is 9.64. The van der Waals surface area contributed by atoms with Gasteiger partial charge in [-0.05, 0) is 18.5 Å². The minimum atomic E-state index is 0.416. The molecule has 0 bridgehead atoms. The first kappa shape index (κ1) is 12.0. The fourth-order valence-corrected chi connectivity index (χ4v) is 2.98. The third-order valence-electron chi connectivity index (χ3n) is 2.97. The summed E-state index contributed by atoms with van der Waals surface area (Å²) in [6.07, 6.45) is 1.17. The van der Waals surface area contributed by atoms with Crippen LogP contribution in [0.4, 0.5) is 0 Å². The Kier molecular flexibility index (Phi) is 4.69. The summed E-state index contributed by atoms with van der Waals surface area (Å²) in [6.45, 7) is 3.46. The molecular formula is C13H20N2S. The van der Waals surface area contributed by atoms with Gasteiger partial charge in [-0.2, -0.15) is 11.8 Å². The molecule has 1 fully saturated rings. The lowest BCUT2D eigenvalue weighted by molar-refractivity contribution is 0.357. The molecule has 2 rings (SSSR count). The van der Waals surface area contributed by atoms with E-state index in [1.165, 1.54) is 30.8 Å². The molecule has 1 atom stereocenters. The lowest BCUT2D eigenvalue weighted by Gasteiger charge is -2.14. The second-order valence-corrected chi connectivity index (χ2v) is 5.49. The Morgan fingerprint density at radius 3 is 2.81 bits per heavy atom. The normalized spacial score (nSPS) is 21.4. The predicted molar refractivity (Wildman–Crippen MR) is 71.6 cm³/mol. The molecule has 1 heterocycles. The summed E-state index contributed by atoms with van der Waals surface area (Å²) < 4.78 is 0. The highest BCUT2D eigenvalue weighted by Crippen LogP contribution is 2.13. The largest absolute Gasteiger partial charge is 0.326 e. The van der Waals surface area contributed by atoms with E-state index in [-0.39, 0.29) is 0 Å². The van der Waals surface area contributed by atoms with Gasteiger partial charge in [-0.3, -0.25) is 0 Å². The number of benzene rings is 1. The third-order valence-corrected chi connectivity index (χ3v) is 3.98. The maximum Gasteiger partial charge on any atom is 0.0185 e. The summed E-state index contributed by atoms with van der Waals surface area (Å²) in [5, 5.41) is 0. The van der Waals surface area contributed by atoms with Crippen LogP contribution in [0, 0.1) is 0 Å². The number of nitrogens with zero attached hydrogens (tertiary/aromatic N) is 1. The van der Waals surface area contributed by atoms with E-state index in [4.69, 9.17) is 5.73 Å². The van der Waals surface area contributed by atoms with E-state index >= 15 is 0 Å². The molecule has 0 unspecified atom stereocenters. The van der Waals surface area contributed by atoms with Crippen LogP contribution < -0.4 is 5.73 Å². The number of thioether (sulfide) groups is 1. The van der Waals surface area contributed by atoms with Gasteiger partial charge in [0.1, 0.15) is 0 Å². The van der Waals surface area contributed by atoms with Crippen LogP contribution in [0.25, 0.3) is 0 Å². The van der Waals surface area contributed by atoms with Gasteiger partial charge in [-0.1, -0.05) is 30.3 Å². The third kappa shape index (κ3) is 3.81.